The normalized spacial score (nSPS) is 15.2. The van der Waals surface area contributed by atoms with Crippen molar-refractivity contribution in [2.75, 3.05) is 5.32 Å². The number of benzene rings is 1. The van der Waals surface area contributed by atoms with Crippen LogP contribution in [0.15, 0.2) is 30.9 Å². The number of rotatable bonds is 4. The van der Waals surface area contributed by atoms with Gasteiger partial charge >= 0.3 is 0 Å². The van der Waals surface area contributed by atoms with Crippen molar-refractivity contribution in [3.8, 4) is 12.3 Å². The van der Waals surface area contributed by atoms with Crippen LogP contribution < -0.4 is 5.32 Å². The van der Waals surface area contributed by atoms with Crippen LogP contribution in [-0.4, -0.2) is 29.5 Å². The quantitative estimate of drug-likeness (QED) is 0.555. The summed E-state index contributed by atoms with van der Waals surface area (Å²) in [6.45, 7) is 0. The zero-order valence-electron chi connectivity index (χ0n) is 13.6. The monoisotopic (exact) mass is 347 g/mol. The van der Waals surface area contributed by atoms with Gasteiger partial charge in [0.1, 0.15) is 29.5 Å². The second-order valence-corrected chi connectivity index (χ2v) is 6.27. The Kier molecular flexibility index (Phi) is 3.15. The molecule has 0 spiro atoms. The van der Waals surface area contributed by atoms with E-state index in [1.807, 2.05) is 4.57 Å². The maximum atomic E-state index is 13.8. The van der Waals surface area contributed by atoms with Crippen LogP contribution in [0.5, 0.6) is 0 Å². The van der Waals surface area contributed by atoms with Crippen molar-refractivity contribution in [1.82, 2.24) is 29.5 Å². The summed E-state index contributed by atoms with van der Waals surface area (Å²) in [6, 6.07) is 4.38. The molecule has 7 nitrogen and oxygen atoms in total. The molecule has 0 amide bonds. The van der Waals surface area contributed by atoms with E-state index in [2.05, 4.69) is 36.2 Å². The predicted octanol–water partition coefficient (Wildman–Crippen LogP) is 2.96. The standard InChI is InChI=1S/C18H14FN7/c1-2-12(24-17-15-16(21-8-20-15)22-9-23-17)18-25-13-6-3-10(19)7-14(13)26(18)11-4-5-11/h1,3,6-9,11-12H,4-5H2,(H2,20,21,22,23,24). The number of nitrogens with one attached hydrogen (secondary N) is 2. The van der Waals surface area contributed by atoms with Gasteiger partial charge in [0, 0.05) is 6.04 Å². The SMILES string of the molecule is C#CC(Nc1ncnc2nc[nH]c12)c1nc2ccc(F)cc2n1C1CC1. The molecule has 3 aromatic heterocycles. The number of hydrogen-bond acceptors (Lipinski definition) is 5. The second kappa shape index (κ2) is 5.52. The van der Waals surface area contributed by atoms with Gasteiger partial charge in [0.05, 0.1) is 17.4 Å². The van der Waals surface area contributed by atoms with Gasteiger partial charge in [-0.15, -0.1) is 6.42 Å². The lowest BCUT2D eigenvalue weighted by Gasteiger charge is -2.16. The summed E-state index contributed by atoms with van der Waals surface area (Å²) in [4.78, 5) is 20.2. The number of nitrogens with zero attached hydrogens (tertiary/aromatic N) is 5. The molecule has 1 aromatic carbocycles. The summed E-state index contributed by atoms with van der Waals surface area (Å²) >= 11 is 0. The number of halogens is 1. The Labute approximate surface area is 147 Å². The minimum atomic E-state index is -0.521. The fourth-order valence-corrected chi connectivity index (χ4v) is 3.20. The highest BCUT2D eigenvalue weighted by Crippen LogP contribution is 2.40. The molecule has 128 valence electrons. The number of fused-ring (bicyclic) bond motifs is 2. The van der Waals surface area contributed by atoms with E-state index in [0.29, 0.717) is 28.8 Å². The van der Waals surface area contributed by atoms with Gasteiger partial charge in [0.2, 0.25) is 0 Å². The molecule has 4 aromatic rings. The molecule has 0 aliphatic heterocycles. The first-order valence-corrected chi connectivity index (χ1v) is 8.28. The molecule has 0 radical (unpaired) electrons. The third-order valence-corrected chi connectivity index (χ3v) is 4.52. The van der Waals surface area contributed by atoms with Crippen molar-refractivity contribution in [3.05, 3.63) is 42.5 Å². The summed E-state index contributed by atoms with van der Waals surface area (Å²) in [5.41, 5.74) is 2.72. The first kappa shape index (κ1) is 14.8. The number of aromatic nitrogens is 6. The van der Waals surface area contributed by atoms with Gasteiger partial charge in [-0.1, -0.05) is 5.92 Å². The van der Waals surface area contributed by atoms with Crippen molar-refractivity contribution in [3.63, 3.8) is 0 Å². The minimum absolute atomic E-state index is 0.286. The maximum Gasteiger partial charge on any atom is 0.182 e. The second-order valence-electron chi connectivity index (χ2n) is 6.27. The Morgan fingerprint density at radius 3 is 3.00 bits per heavy atom. The first-order chi connectivity index (χ1) is 12.7. The topological polar surface area (TPSA) is 84.3 Å². The van der Waals surface area contributed by atoms with Crippen molar-refractivity contribution in [2.45, 2.75) is 24.9 Å². The molecule has 1 atom stereocenters. The van der Waals surface area contributed by atoms with E-state index in [1.54, 1.807) is 12.4 Å². The molecule has 1 aliphatic rings. The Balaban J connectivity index is 1.62. The lowest BCUT2D eigenvalue weighted by molar-refractivity contribution is 0.627. The largest absolute Gasteiger partial charge is 0.348 e. The van der Waals surface area contributed by atoms with Gasteiger partial charge in [0.25, 0.3) is 0 Å². The van der Waals surface area contributed by atoms with Gasteiger partial charge in [0.15, 0.2) is 11.5 Å². The van der Waals surface area contributed by atoms with E-state index in [-0.39, 0.29) is 5.82 Å². The molecule has 8 heteroatoms. The zero-order valence-corrected chi connectivity index (χ0v) is 13.6. The van der Waals surface area contributed by atoms with Crippen molar-refractivity contribution in [1.29, 1.82) is 0 Å². The number of H-pyrrole nitrogens is 1. The van der Waals surface area contributed by atoms with Gasteiger partial charge < -0.3 is 14.9 Å². The number of terminal acetylenes is 1. The molecule has 1 fully saturated rings. The van der Waals surface area contributed by atoms with Crippen LogP contribution >= 0.6 is 0 Å². The zero-order chi connectivity index (χ0) is 17.7. The molecular formula is C18H14FN7. The predicted molar refractivity (Wildman–Crippen MR) is 94.8 cm³/mol. The molecule has 1 unspecified atom stereocenters. The van der Waals surface area contributed by atoms with Crippen molar-refractivity contribution in [2.24, 2.45) is 0 Å². The van der Waals surface area contributed by atoms with E-state index in [1.165, 1.54) is 18.5 Å². The van der Waals surface area contributed by atoms with E-state index < -0.39 is 6.04 Å². The Morgan fingerprint density at radius 2 is 2.19 bits per heavy atom. The third-order valence-electron chi connectivity index (χ3n) is 4.52. The summed E-state index contributed by atoms with van der Waals surface area (Å²) in [5, 5.41) is 3.24. The van der Waals surface area contributed by atoms with Crippen LogP contribution in [0.25, 0.3) is 22.2 Å². The lowest BCUT2D eigenvalue weighted by Crippen LogP contribution is -2.16. The highest BCUT2D eigenvalue weighted by molar-refractivity contribution is 5.82. The molecule has 5 rings (SSSR count). The van der Waals surface area contributed by atoms with E-state index in [9.17, 15) is 4.39 Å². The summed E-state index contributed by atoms with van der Waals surface area (Å²) < 4.78 is 15.8. The van der Waals surface area contributed by atoms with Crippen LogP contribution in [0.1, 0.15) is 30.7 Å². The van der Waals surface area contributed by atoms with Crippen LogP contribution in [0.3, 0.4) is 0 Å². The van der Waals surface area contributed by atoms with Gasteiger partial charge in [-0.25, -0.2) is 24.3 Å². The fraction of sp³-hybridized carbons (Fsp3) is 0.222. The first-order valence-electron chi connectivity index (χ1n) is 8.28. The highest BCUT2D eigenvalue weighted by Gasteiger charge is 2.31. The highest BCUT2D eigenvalue weighted by atomic mass is 19.1. The molecule has 0 saturated heterocycles. The van der Waals surface area contributed by atoms with Crippen LogP contribution in [-0.2, 0) is 0 Å². The Hall–Kier alpha value is -3.47. The molecule has 0 bridgehead atoms. The third kappa shape index (κ3) is 2.29. The minimum Gasteiger partial charge on any atom is -0.348 e. The average molecular weight is 347 g/mol. The Morgan fingerprint density at radius 1 is 1.31 bits per heavy atom. The van der Waals surface area contributed by atoms with Gasteiger partial charge in [-0.05, 0) is 31.0 Å². The molecular weight excluding hydrogens is 333 g/mol. The summed E-state index contributed by atoms with van der Waals surface area (Å²) in [7, 11) is 0. The summed E-state index contributed by atoms with van der Waals surface area (Å²) in [6.07, 6.45) is 10.9. The van der Waals surface area contributed by atoms with Crippen molar-refractivity contribution >= 4 is 28.0 Å². The molecule has 1 saturated carbocycles. The van der Waals surface area contributed by atoms with Gasteiger partial charge in [-0.3, -0.25) is 0 Å². The molecule has 2 N–H and O–H groups in total. The smallest absolute Gasteiger partial charge is 0.182 e. The molecule has 26 heavy (non-hydrogen) atoms. The van der Waals surface area contributed by atoms with Crippen LogP contribution in [0.4, 0.5) is 10.2 Å². The number of imidazole rings is 2. The van der Waals surface area contributed by atoms with Gasteiger partial charge in [-0.2, -0.15) is 0 Å². The van der Waals surface area contributed by atoms with E-state index >= 15 is 0 Å². The molecule has 3 heterocycles. The maximum absolute atomic E-state index is 13.8. The molecule has 1 aliphatic carbocycles. The number of anilines is 1. The van der Waals surface area contributed by atoms with E-state index in [0.717, 1.165) is 23.9 Å². The number of aromatic amines is 1. The average Bonchev–Trinajstić information content (AvgIpc) is 3.24. The van der Waals surface area contributed by atoms with E-state index in [4.69, 9.17) is 6.42 Å². The van der Waals surface area contributed by atoms with Crippen molar-refractivity contribution < 1.29 is 4.39 Å². The fourth-order valence-electron chi connectivity index (χ4n) is 3.20. The van der Waals surface area contributed by atoms with Crippen LogP contribution in [0, 0.1) is 18.2 Å². The van der Waals surface area contributed by atoms with Crippen LogP contribution in [0.2, 0.25) is 0 Å². The summed E-state index contributed by atoms with van der Waals surface area (Å²) in [5.74, 6) is 3.69. The lowest BCUT2D eigenvalue weighted by atomic mass is 10.2. The Bertz CT molecular complexity index is 1170. The number of hydrogen-bond donors (Lipinski definition) is 2.